The van der Waals surface area contributed by atoms with E-state index >= 15 is 0 Å². The summed E-state index contributed by atoms with van der Waals surface area (Å²) in [7, 11) is 0. The molecule has 3 rings (SSSR count). The van der Waals surface area contributed by atoms with Crippen molar-refractivity contribution in [1.29, 1.82) is 0 Å². The largest absolute Gasteiger partial charge is 0.370 e. The van der Waals surface area contributed by atoms with E-state index in [0.29, 0.717) is 12.5 Å². The first-order valence-electron chi connectivity index (χ1n) is 7.33. The van der Waals surface area contributed by atoms with Crippen LogP contribution in [0.2, 0.25) is 0 Å². The standard InChI is InChI=1S/C15H20N6/c16-15(20-8-2-1-3-9-20)18-12-13-5-7-17-14(11-13)21-10-4-6-19-21/h4-7,10-11H,1-3,8-9,12H2,(H2,16,18). The van der Waals surface area contributed by atoms with Gasteiger partial charge in [0.2, 0.25) is 0 Å². The maximum Gasteiger partial charge on any atom is 0.191 e. The zero-order valence-corrected chi connectivity index (χ0v) is 12.0. The highest BCUT2D eigenvalue weighted by Crippen LogP contribution is 2.10. The quantitative estimate of drug-likeness (QED) is 0.686. The monoisotopic (exact) mass is 284 g/mol. The molecule has 2 N–H and O–H groups in total. The van der Waals surface area contributed by atoms with Gasteiger partial charge < -0.3 is 10.6 Å². The summed E-state index contributed by atoms with van der Waals surface area (Å²) in [6.07, 6.45) is 9.09. The fourth-order valence-corrected chi connectivity index (χ4v) is 2.48. The van der Waals surface area contributed by atoms with Crippen LogP contribution in [0.5, 0.6) is 0 Å². The Kier molecular flexibility index (Phi) is 4.14. The van der Waals surface area contributed by atoms with Crippen molar-refractivity contribution in [2.24, 2.45) is 10.7 Å². The van der Waals surface area contributed by atoms with Crippen LogP contribution in [0.4, 0.5) is 0 Å². The van der Waals surface area contributed by atoms with E-state index in [0.717, 1.165) is 24.5 Å². The number of piperidine rings is 1. The van der Waals surface area contributed by atoms with Crippen LogP contribution in [0, 0.1) is 0 Å². The molecule has 0 amide bonds. The number of aliphatic imine (C=N–C) groups is 1. The SMILES string of the molecule is NC(=NCc1ccnc(-n2cccn2)c1)N1CCCCC1. The summed E-state index contributed by atoms with van der Waals surface area (Å²) in [4.78, 5) is 11.0. The maximum absolute atomic E-state index is 6.07. The lowest BCUT2D eigenvalue weighted by Gasteiger charge is -2.27. The predicted octanol–water partition coefficient (Wildman–Crippen LogP) is 1.57. The van der Waals surface area contributed by atoms with E-state index in [1.807, 2.05) is 24.4 Å². The van der Waals surface area contributed by atoms with Gasteiger partial charge in [-0.15, -0.1) is 0 Å². The Balaban J connectivity index is 1.68. The summed E-state index contributed by atoms with van der Waals surface area (Å²) in [6, 6.07) is 5.82. The van der Waals surface area contributed by atoms with Gasteiger partial charge in [-0.05, 0) is 43.0 Å². The number of aromatic nitrogens is 3. The van der Waals surface area contributed by atoms with Crippen molar-refractivity contribution >= 4 is 5.96 Å². The minimum absolute atomic E-state index is 0.569. The fraction of sp³-hybridized carbons (Fsp3) is 0.400. The summed E-state index contributed by atoms with van der Waals surface area (Å²) in [5, 5.41) is 4.18. The third-order valence-corrected chi connectivity index (χ3v) is 3.65. The number of guanidine groups is 1. The molecule has 0 bridgehead atoms. The zero-order chi connectivity index (χ0) is 14.5. The molecular formula is C15H20N6. The van der Waals surface area contributed by atoms with Crippen molar-refractivity contribution < 1.29 is 0 Å². The van der Waals surface area contributed by atoms with Crippen LogP contribution in [0.1, 0.15) is 24.8 Å². The second kappa shape index (κ2) is 6.39. The molecule has 2 aromatic heterocycles. The van der Waals surface area contributed by atoms with Crippen LogP contribution in [-0.4, -0.2) is 38.7 Å². The molecule has 3 heterocycles. The lowest BCUT2D eigenvalue weighted by molar-refractivity contribution is 0.338. The maximum atomic E-state index is 6.07. The Morgan fingerprint density at radius 1 is 1.24 bits per heavy atom. The van der Waals surface area contributed by atoms with Gasteiger partial charge in [0.05, 0.1) is 6.54 Å². The summed E-state index contributed by atoms with van der Waals surface area (Å²) < 4.78 is 1.74. The van der Waals surface area contributed by atoms with Crippen molar-refractivity contribution in [3.8, 4) is 5.82 Å². The van der Waals surface area contributed by atoms with Crippen LogP contribution < -0.4 is 5.73 Å². The van der Waals surface area contributed by atoms with Crippen LogP contribution in [0.3, 0.4) is 0 Å². The minimum Gasteiger partial charge on any atom is -0.370 e. The van der Waals surface area contributed by atoms with Crippen LogP contribution in [0.15, 0.2) is 41.8 Å². The Labute approximate surface area is 124 Å². The zero-order valence-electron chi connectivity index (χ0n) is 12.0. The summed E-state index contributed by atoms with van der Waals surface area (Å²) in [5.74, 6) is 1.44. The molecule has 2 aromatic rings. The first-order valence-corrected chi connectivity index (χ1v) is 7.33. The number of hydrogen-bond donors (Lipinski definition) is 1. The first-order chi connectivity index (χ1) is 10.3. The fourth-order valence-electron chi connectivity index (χ4n) is 2.48. The number of nitrogens with zero attached hydrogens (tertiary/aromatic N) is 5. The minimum atomic E-state index is 0.569. The smallest absolute Gasteiger partial charge is 0.191 e. The summed E-state index contributed by atoms with van der Waals surface area (Å²) in [5.41, 5.74) is 7.15. The summed E-state index contributed by atoms with van der Waals surface area (Å²) >= 11 is 0. The van der Waals surface area contributed by atoms with E-state index in [2.05, 4.69) is 20.0 Å². The topological polar surface area (TPSA) is 72.3 Å². The van der Waals surface area contributed by atoms with Gasteiger partial charge in [-0.2, -0.15) is 5.10 Å². The molecule has 1 fully saturated rings. The van der Waals surface area contributed by atoms with Gasteiger partial charge in [0, 0.05) is 31.7 Å². The third-order valence-electron chi connectivity index (χ3n) is 3.65. The number of rotatable bonds is 3. The number of nitrogens with two attached hydrogens (primary N) is 1. The molecular weight excluding hydrogens is 264 g/mol. The first kappa shape index (κ1) is 13.6. The van der Waals surface area contributed by atoms with Crippen molar-refractivity contribution in [3.63, 3.8) is 0 Å². The second-order valence-electron chi connectivity index (χ2n) is 5.20. The van der Waals surface area contributed by atoms with Crippen LogP contribution in [0.25, 0.3) is 5.82 Å². The van der Waals surface area contributed by atoms with Gasteiger partial charge in [0.25, 0.3) is 0 Å². The van der Waals surface area contributed by atoms with Gasteiger partial charge in [-0.1, -0.05) is 0 Å². The third kappa shape index (κ3) is 3.39. The van der Waals surface area contributed by atoms with Crippen molar-refractivity contribution in [1.82, 2.24) is 19.7 Å². The molecule has 21 heavy (non-hydrogen) atoms. The van der Waals surface area contributed by atoms with Gasteiger partial charge in [0.15, 0.2) is 11.8 Å². The molecule has 0 radical (unpaired) electrons. The molecule has 1 saturated heterocycles. The van der Waals surface area contributed by atoms with Crippen LogP contribution in [-0.2, 0) is 6.54 Å². The molecule has 110 valence electrons. The molecule has 1 aliphatic heterocycles. The number of pyridine rings is 1. The van der Waals surface area contributed by atoms with E-state index in [1.165, 1.54) is 19.3 Å². The second-order valence-corrected chi connectivity index (χ2v) is 5.20. The Morgan fingerprint density at radius 3 is 2.86 bits per heavy atom. The Morgan fingerprint density at radius 2 is 2.10 bits per heavy atom. The predicted molar refractivity (Wildman–Crippen MR) is 82.1 cm³/mol. The molecule has 6 heteroatoms. The lowest BCUT2D eigenvalue weighted by Crippen LogP contribution is -2.40. The Bertz CT molecular complexity index is 598. The van der Waals surface area contributed by atoms with Gasteiger partial charge in [0.1, 0.15) is 0 Å². The molecule has 6 nitrogen and oxygen atoms in total. The van der Waals surface area contributed by atoms with E-state index in [4.69, 9.17) is 5.73 Å². The molecule has 0 aliphatic carbocycles. The van der Waals surface area contributed by atoms with E-state index < -0.39 is 0 Å². The van der Waals surface area contributed by atoms with Gasteiger partial charge in [-0.3, -0.25) is 0 Å². The van der Waals surface area contributed by atoms with Crippen molar-refractivity contribution in [2.75, 3.05) is 13.1 Å². The molecule has 0 spiro atoms. The van der Waals surface area contributed by atoms with E-state index in [-0.39, 0.29) is 0 Å². The highest BCUT2D eigenvalue weighted by atomic mass is 15.3. The highest BCUT2D eigenvalue weighted by molar-refractivity contribution is 5.78. The Hall–Kier alpha value is -2.37. The summed E-state index contributed by atoms with van der Waals surface area (Å²) in [6.45, 7) is 2.60. The van der Waals surface area contributed by atoms with Gasteiger partial charge in [-0.25, -0.2) is 14.7 Å². The number of hydrogen-bond acceptors (Lipinski definition) is 3. The number of likely N-dealkylation sites (tertiary alicyclic amines) is 1. The highest BCUT2D eigenvalue weighted by Gasteiger charge is 2.11. The molecule has 1 aliphatic rings. The van der Waals surface area contributed by atoms with Gasteiger partial charge >= 0.3 is 0 Å². The van der Waals surface area contributed by atoms with Crippen molar-refractivity contribution in [3.05, 3.63) is 42.4 Å². The van der Waals surface area contributed by atoms with Crippen molar-refractivity contribution in [2.45, 2.75) is 25.8 Å². The van der Waals surface area contributed by atoms with Crippen LogP contribution >= 0.6 is 0 Å². The lowest BCUT2D eigenvalue weighted by atomic mass is 10.1. The average molecular weight is 284 g/mol. The molecule has 0 saturated carbocycles. The average Bonchev–Trinajstić information content (AvgIpc) is 3.08. The van der Waals surface area contributed by atoms with E-state index in [1.54, 1.807) is 17.1 Å². The van der Waals surface area contributed by atoms with E-state index in [9.17, 15) is 0 Å². The molecule has 0 atom stereocenters. The molecule has 0 aromatic carbocycles. The normalized spacial score (nSPS) is 16.2. The molecule has 0 unspecified atom stereocenters.